The van der Waals surface area contributed by atoms with E-state index in [0.29, 0.717) is 19.8 Å². The lowest BCUT2D eigenvalue weighted by molar-refractivity contribution is 0.216. The number of para-hydroxylation sites is 2. The molecule has 0 aliphatic carbocycles. The maximum atomic E-state index is 5.93. The van der Waals surface area contributed by atoms with Crippen molar-refractivity contribution in [1.82, 2.24) is 0 Å². The topological polar surface area (TPSA) is 39.7 Å². The Balaban J connectivity index is 1.52. The Morgan fingerprint density at radius 1 is 0.750 bits per heavy atom. The fraction of sp³-hybridized carbons (Fsp3) is 0.250. The van der Waals surface area contributed by atoms with Crippen molar-refractivity contribution >= 4 is 5.69 Å². The first kappa shape index (κ1) is 19.6. The minimum Gasteiger partial charge on any atom is -0.491 e. The summed E-state index contributed by atoms with van der Waals surface area (Å²) in [7, 11) is 0. The molecule has 0 aliphatic heterocycles. The summed E-state index contributed by atoms with van der Waals surface area (Å²) in [6.45, 7) is 5.70. The third-order valence-corrected chi connectivity index (χ3v) is 4.01. The first-order chi connectivity index (χ1) is 13.7. The van der Waals surface area contributed by atoms with Crippen molar-refractivity contribution in [3.63, 3.8) is 0 Å². The van der Waals surface area contributed by atoms with Gasteiger partial charge in [0.05, 0.1) is 6.10 Å². The van der Waals surface area contributed by atoms with Crippen LogP contribution in [0.25, 0.3) is 0 Å². The van der Waals surface area contributed by atoms with Crippen molar-refractivity contribution in [2.45, 2.75) is 26.5 Å². The van der Waals surface area contributed by atoms with Crippen molar-refractivity contribution in [3.8, 4) is 17.2 Å². The number of hydrogen-bond donors (Lipinski definition) is 1. The van der Waals surface area contributed by atoms with Crippen LogP contribution in [0.5, 0.6) is 17.2 Å². The van der Waals surface area contributed by atoms with Gasteiger partial charge in [-0.25, -0.2) is 0 Å². The summed E-state index contributed by atoms with van der Waals surface area (Å²) in [5, 5.41) is 3.44. The third kappa shape index (κ3) is 6.23. The molecule has 0 radical (unpaired) electrons. The average Bonchev–Trinajstić information content (AvgIpc) is 2.71. The van der Waals surface area contributed by atoms with Gasteiger partial charge in [-0.2, -0.15) is 0 Å². The lowest BCUT2D eigenvalue weighted by Gasteiger charge is -2.14. The molecule has 0 bridgehead atoms. The quantitative estimate of drug-likeness (QED) is 0.471. The van der Waals surface area contributed by atoms with Gasteiger partial charge in [0, 0.05) is 23.9 Å². The van der Waals surface area contributed by atoms with Crippen LogP contribution in [0.2, 0.25) is 0 Å². The van der Waals surface area contributed by atoms with Crippen molar-refractivity contribution in [1.29, 1.82) is 0 Å². The normalized spacial score (nSPS) is 10.5. The van der Waals surface area contributed by atoms with E-state index in [1.807, 2.05) is 86.6 Å². The van der Waals surface area contributed by atoms with E-state index in [1.165, 1.54) is 0 Å². The molecule has 0 unspecified atom stereocenters. The standard InChI is InChI=1S/C24H27NO3/c1-19(2)28-23-13-8-10-21(17-23)25-18-20-9-6-7-14-24(20)27-16-15-26-22-11-4-3-5-12-22/h3-14,17,19,25H,15-16,18H2,1-2H3. The Morgan fingerprint density at radius 2 is 1.46 bits per heavy atom. The summed E-state index contributed by atoms with van der Waals surface area (Å²) in [6.07, 6.45) is 0.155. The van der Waals surface area contributed by atoms with E-state index in [4.69, 9.17) is 14.2 Å². The van der Waals surface area contributed by atoms with E-state index >= 15 is 0 Å². The molecule has 4 nitrogen and oxygen atoms in total. The fourth-order valence-electron chi connectivity index (χ4n) is 2.77. The van der Waals surface area contributed by atoms with Crippen LogP contribution in [-0.4, -0.2) is 19.3 Å². The molecule has 0 saturated heterocycles. The molecule has 0 saturated carbocycles. The maximum absolute atomic E-state index is 5.93. The highest BCUT2D eigenvalue weighted by Crippen LogP contribution is 2.22. The van der Waals surface area contributed by atoms with Crippen molar-refractivity contribution in [2.24, 2.45) is 0 Å². The Morgan fingerprint density at radius 3 is 2.29 bits per heavy atom. The highest BCUT2D eigenvalue weighted by molar-refractivity contribution is 5.49. The molecule has 0 aromatic heterocycles. The molecule has 3 rings (SSSR count). The van der Waals surface area contributed by atoms with E-state index < -0.39 is 0 Å². The van der Waals surface area contributed by atoms with Gasteiger partial charge in [-0.15, -0.1) is 0 Å². The predicted octanol–water partition coefficient (Wildman–Crippen LogP) is 5.54. The average molecular weight is 377 g/mol. The zero-order valence-corrected chi connectivity index (χ0v) is 16.4. The summed E-state index contributed by atoms with van der Waals surface area (Å²) in [6, 6.07) is 25.8. The molecule has 0 aliphatic rings. The van der Waals surface area contributed by atoms with Gasteiger partial charge in [-0.05, 0) is 44.2 Å². The van der Waals surface area contributed by atoms with Crippen LogP contribution >= 0.6 is 0 Å². The molecule has 4 heteroatoms. The monoisotopic (exact) mass is 377 g/mol. The maximum Gasteiger partial charge on any atom is 0.124 e. The van der Waals surface area contributed by atoms with Crippen LogP contribution in [-0.2, 0) is 6.54 Å². The molecule has 1 N–H and O–H groups in total. The summed E-state index contributed by atoms with van der Waals surface area (Å²) in [4.78, 5) is 0. The van der Waals surface area contributed by atoms with Gasteiger partial charge >= 0.3 is 0 Å². The van der Waals surface area contributed by atoms with Crippen molar-refractivity contribution < 1.29 is 14.2 Å². The molecule has 3 aromatic rings. The van der Waals surface area contributed by atoms with E-state index in [9.17, 15) is 0 Å². The molecule has 0 heterocycles. The first-order valence-electron chi connectivity index (χ1n) is 9.60. The van der Waals surface area contributed by atoms with Crippen LogP contribution < -0.4 is 19.5 Å². The SMILES string of the molecule is CC(C)Oc1cccc(NCc2ccccc2OCCOc2ccccc2)c1. The largest absolute Gasteiger partial charge is 0.491 e. The van der Waals surface area contributed by atoms with E-state index in [-0.39, 0.29) is 6.10 Å². The highest BCUT2D eigenvalue weighted by atomic mass is 16.5. The fourth-order valence-corrected chi connectivity index (χ4v) is 2.77. The van der Waals surface area contributed by atoms with E-state index in [2.05, 4.69) is 11.4 Å². The van der Waals surface area contributed by atoms with Crippen LogP contribution in [0.4, 0.5) is 5.69 Å². The zero-order valence-electron chi connectivity index (χ0n) is 16.4. The number of hydrogen-bond acceptors (Lipinski definition) is 4. The zero-order chi connectivity index (χ0) is 19.6. The molecule has 0 atom stereocenters. The lowest BCUT2D eigenvalue weighted by Crippen LogP contribution is -2.11. The van der Waals surface area contributed by atoms with Crippen LogP contribution in [0.3, 0.4) is 0 Å². The summed E-state index contributed by atoms with van der Waals surface area (Å²) in [5.74, 6) is 2.58. The number of benzene rings is 3. The lowest BCUT2D eigenvalue weighted by atomic mass is 10.2. The Bertz CT molecular complexity index is 849. The van der Waals surface area contributed by atoms with Gasteiger partial charge in [0.15, 0.2) is 0 Å². The second kappa shape index (κ2) is 10.3. The van der Waals surface area contributed by atoms with Gasteiger partial charge in [0.2, 0.25) is 0 Å². The Labute approximate surface area is 167 Å². The number of rotatable bonds is 10. The second-order valence-corrected chi connectivity index (χ2v) is 6.67. The summed E-state index contributed by atoms with van der Waals surface area (Å²) >= 11 is 0. The molecule has 0 fully saturated rings. The summed E-state index contributed by atoms with van der Waals surface area (Å²) < 4.78 is 17.4. The van der Waals surface area contributed by atoms with Gasteiger partial charge in [-0.1, -0.05) is 42.5 Å². The molecule has 28 heavy (non-hydrogen) atoms. The molecule has 0 spiro atoms. The van der Waals surface area contributed by atoms with Crippen LogP contribution in [0.15, 0.2) is 78.9 Å². The van der Waals surface area contributed by atoms with Gasteiger partial charge in [-0.3, -0.25) is 0 Å². The molecule has 0 amide bonds. The molecular formula is C24H27NO3. The predicted molar refractivity (Wildman–Crippen MR) is 113 cm³/mol. The van der Waals surface area contributed by atoms with E-state index in [0.717, 1.165) is 28.5 Å². The molecule has 3 aromatic carbocycles. The highest BCUT2D eigenvalue weighted by Gasteiger charge is 2.05. The van der Waals surface area contributed by atoms with Crippen LogP contribution in [0, 0.1) is 0 Å². The Kier molecular flexibility index (Phi) is 7.19. The molecule has 146 valence electrons. The Hall–Kier alpha value is -3.14. The number of nitrogens with one attached hydrogen (secondary N) is 1. The van der Waals surface area contributed by atoms with Gasteiger partial charge < -0.3 is 19.5 Å². The van der Waals surface area contributed by atoms with Crippen molar-refractivity contribution in [2.75, 3.05) is 18.5 Å². The minimum absolute atomic E-state index is 0.155. The first-order valence-corrected chi connectivity index (χ1v) is 9.60. The van der Waals surface area contributed by atoms with E-state index in [1.54, 1.807) is 0 Å². The smallest absolute Gasteiger partial charge is 0.124 e. The van der Waals surface area contributed by atoms with Gasteiger partial charge in [0.1, 0.15) is 30.5 Å². The number of ether oxygens (including phenoxy) is 3. The number of anilines is 1. The minimum atomic E-state index is 0.155. The summed E-state index contributed by atoms with van der Waals surface area (Å²) in [5.41, 5.74) is 2.11. The van der Waals surface area contributed by atoms with Gasteiger partial charge in [0.25, 0.3) is 0 Å². The third-order valence-electron chi connectivity index (χ3n) is 4.01. The van der Waals surface area contributed by atoms with Crippen LogP contribution in [0.1, 0.15) is 19.4 Å². The molecular weight excluding hydrogens is 350 g/mol. The second-order valence-electron chi connectivity index (χ2n) is 6.67. The van der Waals surface area contributed by atoms with Crippen molar-refractivity contribution in [3.05, 3.63) is 84.4 Å².